The lowest BCUT2D eigenvalue weighted by Gasteiger charge is -2.56. The first-order chi connectivity index (χ1) is 14.0. The van der Waals surface area contributed by atoms with Crippen molar-refractivity contribution in [2.45, 2.75) is 44.7 Å². The van der Waals surface area contributed by atoms with Crippen molar-refractivity contribution in [2.24, 2.45) is 18.9 Å². The van der Waals surface area contributed by atoms with E-state index < -0.39 is 0 Å². The van der Waals surface area contributed by atoms with E-state index in [1.807, 2.05) is 17.8 Å². The van der Waals surface area contributed by atoms with Crippen molar-refractivity contribution in [2.75, 3.05) is 24.5 Å². The van der Waals surface area contributed by atoms with Gasteiger partial charge in [0.05, 0.1) is 11.4 Å². The van der Waals surface area contributed by atoms with Gasteiger partial charge in [0.15, 0.2) is 0 Å². The molecular formula is C21H28N6O2. The summed E-state index contributed by atoms with van der Waals surface area (Å²) in [7, 11) is 2.00. The average molecular weight is 396 g/mol. The lowest BCUT2D eigenvalue weighted by molar-refractivity contribution is -0.149. The molecule has 1 N–H and O–H groups in total. The molecule has 154 valence electrons. The molecule has 4 atom stereocenters. The minimum Gasteiger partial charge on any atom is -0.355 e. The Morgan fingerprint density at radius 1 is 1.28 bits per heavy atom. The van der Waals surface area contributed by atoms with Gasteiger partial charge in [-0.3, -0.25) is 9.59 Å². The SMILES string of the molecule is CC(=O)NC[C@H]1[C@H]2C[C@H](CN(c3ncnc4c3ccn4C)C2)[C@@H]2CCCC(=O)N21. The summed E-state index contributed by atoms with van der Waals surface area (Å²) in [5, 5.41) is 4.05. The quantitative estimate of drug-likeness (QED) is 0.846. The number of nitrogens with zero attached hydrogens (tertiary/aromatic N) is 5. The van der Waals surface area contributed by atoms with Gasteiger partial charge in [0, 0.05) is 52.3 Å². The molecule has 2 bridgehead atoms. The molecule has 2 aromatic heterocycles. The highest BCUT2D eigenvalue weighted by Crippen LogP contribution is 2.42. The third-order valence-corrected chi connectivity index (χ3v) is 7.00. The number of hydrogen-bond acceptors (Lipinski definition) is 5. The van der Waals surface area contributed by atoms with Crippen molar-refractivity contribution in [3.63, 3.8) is 0 Å². The van der Waals surface area contributed by atoms with Crippen molar-refractivity contribution < 1.29 is 9.59 Å². The summed E-state index contributed by atoms with van der Waals surface area (Å²) in [6, 6.07) is 2.41. The molecule has 5 rings (SSSR count). The Morgan fingerprint density at radius 3 is 2.93 bits per heavy atom. The molecule has 0 radical (unpaired) electrons. The van der Waals surface area contributed by atoms with Crippen molar-refractivity contribution in [1.82, 2.24) is 24.8 Å². The van der Waals surface area contributed by atoms with Gasteiger partial charge in [0.2, 0.25) is 11.8 Å². The van der Waals surface area contributed by atoms with Crippen molar-refractivity contribution in [3.8, 4) is 0 Å². The van der Waals surface area contributed by atoms with Gasteiger partial charge in [-0.05, 0) is 37.2 Å². The lowest BCUT2D eigenvalue weighted by atomic mass is 9.72. The Morgan fingerprint density at radius 2 is 2.10 bits per heavy atom. The van der Waals surface area contributed by atoms with E-state index in [0.717, 1.165) is 49.2 Å². The first-order valence-electron chi connectivity index (χ1n) is 10.6. The van der Waals surface area contributed by atoms with E-state index >= 15 is 0 Å². The van der Waals surface area contributed by atoms with Crippen LogP contribution in [0.5, 0.6) is 0 Å². The first-order valence-corrected chi connectivity index (χ1v) is 10.6. The Kier molecular flexibility index (Phi) is 4.44. The predicted molar refractivity (Wildman–Crippen MR) is 109 cm³/mol. The zero-order valence-electron chi connectivity index (χ0n) is 17.0. The summed E-state index contributed by atoms with van der Waals surface area (Å²) in [6.07, 6.45) is 7.43. The number of hydrogen-bond donors (Lipinski definition) is 1. The number of piperidine rings is 3. The van der Waals surface area contributed by atoms with Crippen LogP contribution in [0.25, 0.3) is 11.0 Å². The lowest BCUT2D eigenvalue weighted by Crippen LogP contribution is -2.67. The fraction of sp³-hybridized carbons (Fsp3) is 0.619. The number of anilines is 1. The molecule has 0 saturated carbocycles. The Balaban J connectivity index is 1.49. The third-order valence-electron chi connectivity index (χ3n) is 7.00. The van der Waals surface area contributed by atoms with Gasteiger partial charge in [-0.1, -0.05) is 0 Å². The Labute approximate surface area is 170 Å². The molecule has 3 saturated heterocycles. The van der Waals surface area contributed by atoms with E-state index in [-0.39, 0.29) is 23.9 Å². The van der Waals surface area contributed by atoms with Crippen LogP contribution in [0.2, 0.25) is 0 Å². The maximum absolute atomic E-state index is 12.8. The van der Waals surface area contributed by atoms with Crippen molar-refractivity contribution in [1.29, 1.82) is 0 Å². The third kappa shape index (κ3) is 3.05. The number of carbonyl (C=O) groups is 2. The minimum atomic E-state index is -0.0393. The number of nitrogens with one attached hydrogen (secondary N) is 1. The van der Waals surface area contributed by atoms with Crippen LogP contribution in [0.3, 0.4) is 0 Å². The topological polar surface area (TPSA) is 83.4 Å². The molecule has 3 aliphatic rings. The van der Waals surface area contributed by atoms with E-state index in [4.69, 9.17) is 0 Å². The maximum atomic E-state index is 12.8. The number of aromatic nitrogens is 3. The maximum Gasteiger partial charge on any atom is 0.223 e. The summed E-state index contributed by atoms with van der Waals surface area (Å²) in [5.74, 6) is 1.97. The van der Waals surface area contributed by atoms with Gasteiger partial charge in [-0.15, -0.1) is 0 Å². The van der Waals surface area contributed by atoms with Crippen LogP contribution in [0.4, 0.5) is 5.82 Å². The second-order valence-corrected chi connectivity index (χ2v) is 8.79. The van der Waals surface area contributed by atoms with E-state index in [1.54, 1.807) is 13.3 Å². The summed E-state index contributed by atoms with van der Waals surface area (Å²) in [4.78, 5) is 38.0. The van der Waals surface area contributed by atoms with Gasteiger partial charge >= 0.3 is 0 Å². The molecule has 5 heterocycles. The van der Waals surface area contributed by atoms with Crippen LogP contribution in [-0.2, 0) is 16.6 Å². The van der Waals surface area contributed by atoms with E-state index in [1.165, 1.54) is 0 Å². The molecule has 2 aromatic rings. The van der Waals surface area contributed by atoms with Gasteiger partial charge in [0.25, 0.3) is 0 Å². The summed E-state index contributed by atoms with van der Waals surface area (Å²) in [5.41, 5.74) is 0.940. The number of fused-ring (bicyclic) bond motifs is 5. The molecule has 8 heteroatoms. The van der Waals surface area contributed by atoms with Crippen LogP contribution < -0.4 is 10.2 Å². The monoisotopic (exact) mass is 396 g/mol. The second kappa shape index (κ2) is 7.00. The molecule has 0 aliphatic carbocycles. The summed E-state index contributed by atoms with van der Waals surface area (Å²) in [6.45, 7) is 3.84. The van der Waals surface area contributed by atoms with Crippen LogP contribution >= 0.6 is 0 Å². The highest BCUT2D eigenvalue weighted by Gasteiger charge is 2.49. The summed E-state index contributed by atoms with van der Waals surface area (Å²) >= 11 is 0. The zero-order valence-corrected chi connectivity index (χ0v) is 17.0. The molecule has 3 fully saturated rings. The molecule has 3 aliphatic heterocycles. The molecule has 0 spiro atoms. The smallest absolute Gasteiger partial charge is 0.223 e. The van der Waals surface area contributed by atoms with E-state index in [9.17, 15) is 9.59 Å². The Hall–Kier alpha value is -2.64. The normalized spacial score (nSPS) is 29.1. The van der Waals surface area contributed by atoms with Gasteiger partial charge < -0.3 is 19.7 Å². The zero-order chi connectivity index (χ0) is 20.1. The minimum absolute atomic E-state index is 0.0393. The fourth-order valence-electron chi connectivity index (χ4n) is 5.78. The Bertz CT molecular complexity index is 956. The highest BCUT2D eigenvalue weighted by atomic mass is 16.2. The highest BCUT2D eigenvalue weighted by molar-refractivity contribution is 5.88. The van der Waals surface area contributed by atoms with Crippen molar-refractivity contribution in [3.05, 3.63) is 18.6 Å². The van der Waals surface area contributed by atoms with Gasteiger partial charge in [-0.2, -0.15) is 0 Å². The molecule has 2 amide bonds. The van der Waals surface area contributed by atoms with Crippen LogP contribution in [0.15, 0.2) is 18.6 Å². The molecule has 0 aromatic carbocycles. The average Bonchev–Trinajstić information content (AvgIpc) is 3.09. The van der Waals surface area contributed by atoms with E-state index in [2.05, 4.69) is 31.2 Å². The number of aryl methyl sites for hydroxylation is 1. The number of rotatable bonds is 3. The fourth-order valence-corrected chi connectivity index (χ4v) is 5.78. The molecule has 8 nitrogen and oxygen atoms in total. The number of carbonyl (C=O) groups excluding carboxylic acids is 2. The van der Waals surface area contributed by atoms with Gasteiger partial charge in [0.1, 0.15) is 17.8 Å². The van der Waals surface area contributed by atoms with Crippen molar-refractivity contribution >= 4 is 28.7 Å². The predicted octanol–water partition coefficient (Wildman–Crippen LogP) is 1.31. The molecule has 29 heavy (non-hydrogen) atoms. The largest absolute Gasteiger partial charge is 0.355 e. The molecule has 0 unspecified atom stereocenters. The standard InChI is InChI=1S/C21H28N6O2/c1-13(28)22-9-18-15-8-14(17-4-3-5-19(29)27(17)18)10-26(11-15)21-16-6-7-25(2)20(16)23-12-24-21/h6-7,12,14-15,17-18H,3-5,8-11H2,1-2H3,(H,22,28)/t14-,15+,17+,18+/m1/s1. The van der Waals surface area contributed by atoms with Gasteiger partial charge in [-0.25, -0.2) is 9.97 Å². The summed E-state index contributed by atoms with van der Waals surface area (Å²) < 4.78 is 2.02. The first kappa shape index (κ1) is 18.4. The number of amides is 2. The van der Waals surface area contributed by atoms with Crippen LogP contribution in [0, 0.1) is 11.8 Å². The van der Waals surface area contributed by atoms with Crippen LogP contribution in [0.1, 0.15) is 32.6 Å². The second-order valence-electron chi connectivity index (χ2n) is 8.79. The van der Waals surface area contributed by atoms with E-state index in [0.29, 0.717) is 24.8 Å². The van der Waals surface area contributed by atoms with Crippen LogP contribution in [-0.4, -0.2) is 63.0 Å². The molecular weight excluding hydrogens is 368 g/mol.